The van der Waals surface area contributed by atoms with Crippen LogP contribution in [0.1, 0.15) is 6.99 Å². The molecular formula is C12H12N+. The van der Waals surface area contributed by atoms with Crippen LogP contribution in [0.15, 0.2) is 54.9 Å². The molecule has 1 heterocycles. The van der Waals surface area contributed by atoms with Gasteiger partial charge in [-0.05, 0) is 23.8 Å². The van der Waals surface area contributed by atoms with Gasteiger partial charge < -0.3 is 4.57 Å². The average Bonchev–Trinajstić information content (AvgIpc) is 2.69. The monoisotopic (exact) mass is 170 g/mol. The molecule has 0 N–H and O–H groups in total. The van der Waals surface area contributed by atoms with Crippen molar-refractivity contribution in [2.24, 2.45) is 0 Å². The van der Waals surface area contributed by atoms with Crippen LogP contribution in [0.25, 0.3) is 12.3 Å². The van der Waals surface area contributed by atoms with Crippen LogP contribution in [0.4, 0.5) is 0 Å². The smallest absolute Gasteiger partial charge is 0.331 e. The van der Waals surface area contributed by atoms with Gasteiger partial charge in [-0.15, -0.1) is 0 Å². The van der Waals surface area contributed by atoms with Crippen LogP contribution < -0.4 is 0 Å². The summed E-state index contributed by atoms with van der Waals surface area (Å²) in [7, 11) is 0. The molecule has 0 aliphatic rings. The van der Waals surface area contributed by atoms with Gasteiger partial charge in [-0.2, -0.15) is 0 Å². The fourth-order valence-corrected chi connectivity index (χ4v) is 1.18. The van der Waals surface area contributed by atoms with E-state index in [2.05, 4.69) is 18.2 Å². The van der Waals surface area contributed by atoms with Crippen LogP contribution >= 0.6 is 0 Å². The van der Waals surface area contributed by atoms with Gasteiger partial charge in [0.1, 0.15) is 0 Å². The maximum absolute atomic E-state index is 2.08. The minimum Gasteiger partial charge on any atom is -0.331 e. The minimum atomic E-state index is 0. The first-order valence-corrected chi connectivity index (χ1v) is 4.31. The predicted molar refractivity (Wildman–Crippen MR) is 57.2 cm³/mol. The van der Waals surface area contributed by atoms with Crippen LogP contribution in [0.3, 0.4) is 0 Å². The average molecular weight is 170 g/mol. The lowest BCUT2D eigenvalue weighted by Gasteiger charge is -1.92. The molecule has 0 saturated heterocycles. The lowest BCUT2D eigenvalue weighted by atomic mass is 10.2. The van der Waals surface area contributed by atoms with E-state index in [1.54, 1.807) is 0 Å². The lowest BCUT2D eigenvalue weighted by molar-refractivity contribution is 1.18. The zero-order valence-corrected chi connectivity index (χ0v) is 7.30. The van der Waals surface area contributed by atoms with Crippen LogP contribution in [0.5, 0.6) is 0 Å². The third kappa shape index (κ3) is 2.09. The Morgan fingerprint density at radius 3 is 2.31 bits per heavy atom. The Kier molecular flexibility index (Phi) is 2.28. The van der Waals surface area contributed by atoms with E-state index < -0.39 is 0 Å². The van der Waals surface area contributed by atoms with Gasteiger partial charge in [0.25, 0.3) is 0 Å². The number of rotatable bonds is 2. The van der Waals surface area contributed by atoms with E-state index in [4.69, 9.17) is 0 Å². The Bertz CT molecular complexity index is 376. The van der Waals surface area contributed by atoms with Gasteiger partial charge in [0, 0.05) is 18.6 Å². The van der Waals surface area contributed by atoms with Crippen molar-refractivity contribution >= 4 is 12.3 Å². The van der Waals surface area contributed by atoms with Crippen molar-refractivity contribution in [3.05, 3.63) is 60.4 Å². The van der Waals surface area contributed by atoms with E-state index in [0.29, 0.717) is 0 Å². The van der Waals surface area contributed by atoms with Gasteiger partial charge in [0.05, 0.1) is 0 Å². The molecular weight excluding hydrogens is 158 g/mol. The van der Waals surface area contributed by atoms with Crippen LogP contribution in [0.2, 0.25) is 0 Å². The fourth-order valence-electron chi connectivity index (χ4n) is 1.18. The van der Waals surface area contributed by atoms with Gasteiger partial charge in [-0.1, -0.05) is 30.3 Å². The maximum atomic E-state index is 2.08. The zero-order chi connectivity index (χ0) is 8.93. The Morgan fingerprint density at radius 1 is 0.923 bits per heavy atom. The molecule has 2 rings (SSSR count). The zero-order valence-electron chi connectivity index (χ0n) is 8.30. The van der Waals surface area contributed by atoms with E-state index >= 15 is 0 Å². The largest absolute Gasteiger partial charge is 1.00 e. The molecule has 1 heteroatoms. The molecule has 0 amide bonds. The fraction of sp³-hybridized carbons (Fsp3) is 0. The molecule has 1 aromatic heterocycles. The lowest BCUT2D eigenvalue weighted by Crippen LogP contribution is -1.77. The van der Waals surface area contributed by atoms with Crippen molar-refractivity contribution in [2.75, 3.05) is 0 Å². The van der Waals surface area contributed by atoms with Crippen molar-refractivity contribution in [3.8, 4) is 0 Å². The standard InChI is InChI=1S/C12H11N/c1-2-6-12(7-3-1)8-11-13-9-4-5-10-13/h1-11H/p+1. The first kappa shape index (κ1) is 7.87. The second-order valence-electron chi connectivity index (χ2n) is 2.86. The molecule has 0 aliphatic heterocycles. The van der Waals surface area contributed by atoms with E-state index in [-0.39, 0.29) is 1.43 Å². The number of aromatic nitrogens is 1. The van der Waals surface area contributed by atoms with Crippen LogP contribution in [-0.2, 0) is 0 Å². The predicted octanol–water partition coefficient (Wildman–Crippen LogP) is 3.23. The molecule has 2 aromatic rings. The second-order valence-corrected chi connectivity index (χ2v) is 2.86. The van der Waals surface area contributed by atoms with Gasteiger partial charge in [-0.3, -0.25) is 0 Å². The van der Waals surface area contributed by atoms with Crippen molar-refractivity contribution in [3.63, 3.8) is 0 Å². The maximum Gasteiger partial charge on any atom is 1.00 e. The van der Waals surface area contributed by atoms with Crippen molar-refractivity contribution in [1.29, 1.82) is 0 Å². The molecule has 64 valence electrons. The summed E-state index contributed by atoms with van der Waals surface area (Å²) < 4.78 is 2.02. The highest BCUT2D eigenvalue weighted by molar-refractivity contribution is 5.60. The molecule has 0 bridgehead atoms. The third-order valence-corrected chi connectivity index (χ3v) is 1.87. The minimum absolute atomic E-state index is 0. The second kappa shape index (κ2) is 3.76. The van der Waals surface area contributed by atoms with E-state index in [0.717, 1.165) is 0 Å². The Labute approximate surface area is 79.4 Å². The van der Waals surface area contributed by atoms with E-state index in [9.17, 15) is 0 Å². The highest BCUT2D eigenvalue weighted by atomic mass is 14.9. The summed E-state index contributed by atoms with van der Waals surface area (Å²) in [5.74, 6) is 0. The summed E-state index contributed by atoms with van der Waals surface area (Å²) in [5.41, 5.74) is 1.22. The molecule has 0 saturated carbocycles. The van der Waals surface area contributed by atoms with E-state index in [1.807, 2.05) is 53.5 Å². The summed E-state index contributed by atoms with van der Waals surface area (Å²) in [5, 5.41) is 0. The first-order chi connectivity index (χ1) is 6.45. The molecule has 1 aromatic carbocycles. The molecule has 0 radical (unpaired) electrons. The molecule has 0 aliphatic carbocycles. The SMILES string of the molecule is C(=Cn1cccc1)c1ccccc1.[H+]. The van der Waals surface area contributed by atoms with Crippen molar-refractivity contribution in [2.45, 2.75) is 0 Å². The Morgan fingerprint density at radius 2 is 1.62 bits per heavy atom. The van der Waals surface area contributed by atoms with E-state index in [1.165, 1.54) is 5.56 Å². The van der Waals surface area contributed by atoms with Gasteiger partial charge >= 0.3 is 1.43 Å². The van der Waals surface area contributed by atoms with Gasteiger partial charge in [-0.25, -0.2) is 0 Å². The molecule has 0 fully saturated rings. The summed E-state index contributed by atoms with van der Waals surface area (Å²) in [4.78, 5) is 0. The van der Waals surface area contributed by atoms with Crippen molar-refractivity contribution < 1.29 is 1.43 Å². The number of benzene rings is 1. The molecule has 0 atom stereocenters. The van der Waals surface area contributed by atoms with Crippen LogP contribution in [-0.4, -0.2) is 4.57 Å². The Balaban J connectivity index is 0.000000980. The summed E-state index contributed by atoms with van der Waals surface area (Å²) >= 11 is 0. The quantitative estimate of drug-likeness (QED) is 0.652. The first-order valence-electron chi connectivity index (χ1n) is 4.31. The molecule has 0 spiro atoms. The number of nitrogens with zero attached hydrogens (tertiary/aromatic N) is 1. The molecule has 1 nitrogen and oxygen atoms in total. The van der Waals surface area contributed by atoms with Crippen molar-refractivity contribution in [1.82, 2.24) is 4.57 Å². The van der Waals surface area contributed by atoms with Gasteiger partial charge in [0.15, 0.2) is 0 Å². The highest BCUT2D eigenvalue weighted by Gasteiger charge is 1.82. The summed E-state index contributed by atoms with van der Waals surface area (Å²) in [6.45, 7) is 0. The van der Waals surface area contributed by atoms with Gasteiger partial charge in [0.2, 0.25) is 0 Å². The third-order valence-electron chi connectivity index (χ3n) is 1.87. The number of hydrogen-bond acceptors (Lipinski definition) is 0. The number of hydrogen-bond donors (Lipinski definition) is 0. The highest BCUT2D eigenvalue weighted by Crippen LogP contribution is 2.02. The normalized spacial score (nSPS) is 10.8. The topological polar surface area (TPSA) is 4.93 Å². The summed E-state index contributed by atoms with van der Waals surface area (Å²) in [6.07, 6.45) is 8.15. The Hall–Kier alpha value is -1.76. The molecule has 0 unspecified atom stereocenters. The van der Waals surface area contributed by atoms with Crippen LogP contribution in [0, 0.1) is 0 Å². The molecule has 13 heavy (non-hydrogen) atoms. The summed E-state index contributed by atoms with van der Waals surface area (Å²) in [6, 6.07) is 14.3.